The Balaban J connectivity index is 2.90. The van der Waals surface area contributed by atoms with Gasteiger partial charge in [-0.2, -0.15) is 0 Å². The van der Waals surface area contributed by atoms with Gasteiger partial charge < -0.3 is 10.1 Å². The standard InChI is InChI=1S/C8H7NO3/c10-7-5-6(3-4-9-7)1-2-8(11)12/h1-5H,(H,9,10)(H,11,12). The van der Waals surface area contributed by atoms with Crippen LogP contribution in [0.25, 0.3) is 6.08 Å². The number of rotatable bonds is 2. The van der Waals surface area contributed by atoms with Crippen LogP contribution in [0.3, 0.4) is 0 Å². The number of H-pyrrole nitrogens is 1. The molecule has 0 fully saturated rings. The van der Waals surface area contributed by atoms with Crippen LogP contribution in [0.15, 0.2) is 29.2 Å². The Morgan fingerprint density at radius 2 is 2.33 bits per heavy atom. The van der Waals surface area contributed by atoms with Gasteiger partial charge in [0.25, 0.3) is 0 Å². The van der Waals surface area contributed by atoms with Crippen LogP contribution in [0.5, 0.6) is 0 Å². The van der Waals surface area contributed by atoms with Crippen molar-refractivity contribution in [2.75, 3.05) is 0 Å². The van der Waals surface area contributed by atoms with E-state index in [4.69, 9.17) is 5.11 Å². The minimum atomic E-state index is -1.03. The Morgan fingerprint density at radius 3 is 2.92 bits per heavy atom. The van der Waals surface area contributed by atoms with E-state index in [0.717, 1.165) is 6.08 Å². The van der Waals surface area contributed by atoms with E-state index in [1.165, 1.54) is 18.3 Å². The zero-order chi connectivity index (χ0) is 8.97. The molecule has 1 heterocycles. The Morgan fingerprint density at radius 1 is 1.58 bits per heavy atom. The number of nitrogens with one attached hydrogen (secondary N) is 1. The van der Waals surface area contributed by atoms with E-state index in [0.29, 0.717) is 5.56 Å². The molecule has 0 aliphatic rings. The third-order valence-electron chi connectivity index (χ3n) is 1.22. The SMILES string of the molecule is O=C(O)C=Cc1cc[nH]c(=O)c1. The van der Waals surface area contributed by atoms with Gasteiger partial charge in [-0.25, -0.2) is 4.79 Å². The molecule has 0 saturated heterocycles. The molecular formula is C8H7NO3. The lowest BCUT2D eigenvalue weighted by Crippen LogP contribution is -2.02. The largest absolute Gasteiger partial charge is 0.478 e. The zero-order valence-electron chi connectivity index (χ0n) is 6.15. The predicted octanol–water partition coefficient (Wildman–Crippen LogP) is 0.473. The highest BCUT2D eigenvalue weighted by Crippen LogP contribution is 1.95. The van der Waals surface area contributed by atoms with E-state index in [-0.39, 0.29) is 5.56 Å². The number of aromatic amines is 1. The summed E-state index contributed by atoms with van der Waals surface area (Å²) in [4.78, 5) is 23.2. The molecule has 4 nitrogen and oxygen atoms in total. The molecule has 0 aliphatic carbocycles. The quantitative estimate of drug-likeness (QED) is 0.626. The molecule has 0 spiro atoms. The van der Waals surface area contributed by atoms with E-state index in [2.05, 4.69) is 4.98 Å². The molecule has 0 radical (unpaired) electrons. The summed E-state index contributed by atoms with van der Waals surface area (Å²) in [5, 5.41) is 8.27. The van der Waals surface area contributed by atoms with Gasteiger partial charge in [0, 0.05) is 18.3 Å². The van der Waals surface area contributed by atoms with E-state index in [1.54, 1.807) is 6.07 Å². The first-order valence-electron chi connectivity index (χ1n) is 3.28. The molecular weight excluding hydrogens is 158 g/mol. The van der Waals surface area contributed by atoms with Gasteiger partial charge in [0.15, 0.2) is 0 Å². The van der Waals surface area contributed by atoms with Gasteiger partial charge in [-0.15, -0.1) is 0 Å². The maximum Gasteiger partial charge on any atom is 0.328 e. The minimum Gasteiger partial charge on any atom is -0.478 e. The van der Waals surface area contributed by atoms with Crippen LogP contribution in [0, 0.1) is 0 Å². The Bertz CT molecular complexity index is 365. The number of hydrogen-bond acceptors (Lipinski definition) is 2. The maximum absolute atomic E-state index is 10.7. The fourth-order valence-corrected chi connectivity index (χ4v) is 0.732. The third-order valence-corrected chi connectivity index (χ3v) is 1.22. The molecule has 0 aliphatic heterocycles. The highest BCUT2D eigenvalue weighted by molar-refractivity contribution is 5.85. The Kier molecular flexibility index (Phi) is 2.42. The molecule has 2 N–H and O–H groups in total. The molecule has 12 heavy (non-hydrogen) atoms. The molecule has 0 amide bonds. The topological polar surface area (TPSA) is 70.2 Å². The summed E-state index contributed by atoms with van der Waals surface area (Å²) in [5.74, 6) is -1.03. The lowest BCUT2D eigenvalue weighted by atomic mass is 10.2. The van der Waals surface area contributed by atoms with E-state index >= 15 is 0 Å². The number of carboxylic acids is 1. The summed E-state index contributed by atoms with van der Waals surface area (Å²) < 4.78 is 0. The fraction of sp³-hybridized carbons (Fsp3) is 0. The van der Waals surface area contributed by atoms with Gasteiger partial charge in [-0.05, 0) is 17.7 Å². The monoisotopic (exact) mass is 165 g/mol. The summed E-state index contributed by atoms with van der Waals surface area (Å²) in [6.45, 7) is 0. The maximum atomic E-state index is 10.7. The van der Waals surface area contributed by atoms with Gasteiger partial charge in [0.2, 0.25) is 5.56 Å². The molecule has 1 aromatic rings. The average molecular weight is 165 g/mol. The summed E-state index contributed by atoms with van der Waals surface area (Å²) in [6, 6.07) is 2.93. The van der Waals surface area contributed by atoms with Crippen molar-refractivity contribution >= 4 is 12.0 Å². The van der Waals surface area contributed by atoms with Crippen molar-refractivity contribution in [1.82, 2.24) is 4.98 Å². The van der Waals surface area contributed by atoms with Crippen molar-refractivity contribution in [2.45, 2.75) is 0 Å². The van der Waals surface area contributed by atoms with Crippen molar-refractivity contribution in [2.24, 2.45) is 0 Å². The van der Waals surface area contributed by atoms with Crippen molar-refractivity contribution in [3.8, 4) is 0 Å². The number of carboxylic acid groups (broad SMARTS) is 1. The van der Waals surface area contributed by atoms with Crippen molar-refractivity contribution in [1.29, 1.82) is 0 Å². The molecule has 0 unspecified atom stereocenters. The van der Waals surface area contributed by atoms with Gasteiger partial charge in [-0.3, -0.25) is 4.79 Å². The Hall–Kier alpha value is -1.84. The first-order chi connectivity index (χ1) is 5.68. The molecule has 4 heteroatoms. The van der Waals surface area contributed by atoms with E-state index in [1.807, 2.05) is 0 Å². The number of aliphatic carboxylic acids is 1. The van der Waals surface area contributed by atoms with Crippen LogP contribution in [-0.2, 0) is 4.79 Å². The lowest BCUT2D eigenvalue weighted by molar-refractivity contribution is -0.131. The second-order valence-electron chi connectivity index (χ2n) is 2.16. The second kappa shape index (κ2) is 3.52. The molecule has 0 bridgehead atoms. The molecule has 62 valence electrons. The van der Waals surface area contributed by atoms with Gasteiger partial charge >= 0.3 is 5.97 Å². The first-order valence-corrected chi connectivity index (χ1v) is 3.28. The molecule has 0 atom stereocenters. The number of hydrogen-bond donors (Lipinski definition) is 2. The Labute approximate surface area is 68.2 Å². The van der Waals surface area contributed by atoms with Gasteiger partial charge in [0.1, 0.15) is 0 Å². The predicted molar refractivity (Wildman–Crippen MR) is 43.7 cm³/mol. The molecule has 1 rings (SSSR count). The zero-order valence-corrected chi connectivity index (χ0v) is 6.15. The fourth-order valence-electron chi connectivity index (χ4n) is 0.732. The van der Waals surface area contributed by atoms with Crippen LogP contribution in [-0.4, -0.2) is 16.1 Å². The van der Waals surface area contributed by atoms with Crippen molar-refractivity contribution in [3.05, 3.63) is 40.3 Å². The van der Waals surface area contributed by atoms with Crippen LogP contribution in [0.1, 0.15) is 5.56 Å². The van der Waals surface area contributed by atoms with Gasteiger partial charge in [-0.1, -0.05) is 0 Å². The summed E-state index contributed by atoms with van der Waals surface area (Å²) in [7, 11) is 0. The molecule has 0 saturated carbocycles. The van der Waals surface area contributed by atoms with Crippen molar-refractivity contribution in [3.63, 3.8) is 0 Å². The highest BCUT2D eigenvalue weighted by Gasteiger charge is 1.89. The minimum absolute atomic E-state index is 0.248. The normalized spacial score (nSPS) is 10.3. The number of pyridine rings is 1. The number of carbonyl (C=O) groups is 1. The lowest BCUT2D eigenvalue weighted by Gasteiger charge is -1.88. The van der Waals surface area contributed by atoms with E-state index < -0.39 is 5.97 Å². The van der Waals surface area contributed by atoms with Crippen molar-refractivity contribution < 1.29 is 9.90 Å². The molecule has 0 aromatic carbocycles. The summed E-state index contributed by atoms with van der Waals surface area (Å²) in [6.07, 6.45) is 3.80. The van der Waals surface area contributed by atoms with Crippen LogP contribution < -0.4 is 5.56 Å². The first kappa shape index (κ1) is 8.26. The second-order valence-corrected chi connectivity index (χ2v) is 2.16. The highest BCUT2D eigenvalue weighted by atomic mass is 16.4. The van der Waals surface area contributed by atoms with Crippen LogP contribution >= 0.6 is 0 Å². The van der Waals surface area contributed by atoms with Crippen LogP contribution in [0.4, 0.5) is 0 Å². The van der Waals surface area contributed by atoms with Crippen LogP contribution in [0.2, 0.25) is 0 Å². The smallest absolute Gasteiger partial charge is 0.328 e. The average Bonchev–Trinajstić information content (AvgIpc) is 2.01. The van der Waals surface area contributed by atoms with E-state index in [9.17, 15) is 9.59 Å². The third kappa shape index (κ3) is 2.42. The summed E-state index contributed by atoms with van der Waals surface area (Å²) >= 11 is 0. The summed E-state index contributed by atoms with van der Waals surface area (Å²) in [5.41, 5.74) is 0.323. The number of aromatic nitrogens is 1. The van der Waals surface area contributed by atoms with Gasteiger partial charge in [0.05, 0.1) is 0 Å². The molecule has 1 aromatic heterocycles.